The fourth-order valence-electron chi connectivity index (χ4n) is 2.04. The van der Waals surface area contributed by atoms with E-state index in [0.717, 1.165) is 31.7 Å². The smallest absolute Gasteiger partial charge is 0.240 e. The van der Waals surface area contributed by atoms with E-state index >= 15 is 0 Å². The van der Waals surface area contributed by atoms with Crippen molar-refractivity contribution in [3.8, 4) is 0 Å². The van der Waals surface area contributed by atoms with E-state index in [1.54, 1.807) is 12.1 Å². The Morgan fingerprint density at radius 3 is 2.30 bits per heavy atom. The first-order valence-electron chi connectivity index (χ1n) is 6.57. The van der Waals surface area contributed by atoms with Gasteiger partial charge in [-0.25, -0.2) is 13.6 Å². The van der Waals surface area contributed by atoms with Gasteiger partial charge < -0.3 is 15.5 Å². The second kappa shape index (κ2) is 6.92. The first-order valence-corrected chi connectivity index (χ1v) is 8.12. The van der Waals surface area contributed by atoms with E-state index in [-0.39, 0.29) is 10.6 Å². The van der Waals surface area contributed by atoms with Gasteiger partial charge in [0.1, 0.15) is 4.90 Å². The van der Waals surface area contributed by atoms with Crippen molar-refractivity contribution in [3.05, 3.63) is 18.2 Å². The molecule has 7 heteroatoms. The SMILES string of the molecule is CCN(CCCN(C)C)c1ccc(S(N)(=O)=O)c(N)c1. The van der Waals surface area contributed by atoms with Crippen LogP contribution < -0.4 is 15.8 Å². The molecular weight excluding hydrogens is 276 g/mol. The Labute approximate surface area is 121 Å². The third-order valence-electron chi connectivity index (χ3n) is 3.08. The molecule has 4 N–H and O–H groups in total. The highest BCUT2D eigenvalue weighted by Gasteiger charge is 2.14. The highest BCUT2D eigenvalue weighted by atomic mass is 32.2. The van der Waals surface area contributed by atoms with Crippen LogP contribution in [0.3, 0.4) is 0 Å². The van der Waals surface area contributed by atoms with Gasteiger partial charge >= 0.3 is 0 Å². The molecule has 114 valence electrons. The molecule has 0 radical (unpaired) electrons. The minimum atomic E-state index is -3.76. The summed E-state index contributed by atoms with van der Waals surface area (Å²) in [5.41, 5.74) is 6.89. The van der Waals surface area contributed by atoms with E-state index in [9.17, 15) is 8.42 Å². The molecule has 0 saturated carbocycles. The van der Waals surface area contributed by atoms with Gasteiger partial charge in [0, 0.05) is 18.8 Å². The minimum Gasteiger partial charge on any atom is -0.398 e. The van der Waals surface area contributed by atoms with Crippen molar-refractivity contribution in [3.63, 3.8) is 0 Å². The number of primary sulfonamides is 1. The van der Waals surface area contributed by atoms with Crippen molar-refractivity contribution in [2.24, 2.45) is 5.14 Å². The van der Waals surface area contributed by atoms with Crippen LogP contribution in [0, 0.1) is 0 Å². The number of nitrogens with two attached hydrogens (primary N) is 2. The summed E-state index contributed by atoms with van der Waals surface area (Å²) in [6.45, 7) is 4.78. The standard InChI is InChI=1S/C13H24N4O2S/c1-4-17(9-5-8-16(2)3)11-6-7-13(12(14)10-11)20(15,18)19/h6-7,10H,4-5,8-9,14H2,1-3H3,(H2,15,18,19). The summed E-state index contributed by atoms with van der Waals surface area (Å²) in [6, 6.07) is 4.88. The molecule has 0 unspecified atom stereocenters. The van der Waals surface area contributed by atoms with Gasteiger partial charge in [0.15, 0.2) is 0 Å². The second-order valence-corrected chi connectivity index (χ2v) is 6.53. The van der Waals surface area contributed by atoms with Gasteiger partial charge in [-0.15, -0.1) is 0 Å². The monoisotopic (exact) mass is 300 g/mol. The average molecular weight is 300 g/mol. The van der Waals surface area contributed by atoms with Crippen LogP contribution in [0.1, 0.15) is 13.3 Å². The van der Waals surface area contributed by atoms with Crippen molar-refractivity contribution in [1.29, 1.82) is 0 Å². The van der Waals surface area contributed by atoms with Crippen LogP contribution in [0.25, 0.3) is 0 Å². The van der Waals surface area contributed by atoms with Crippen LogP contribution in [-0.2, 0) is 10.0 Å². The molecule has 1 aromatic rings. The molecule has 1 aromatic carbocycles. The van der Waals surface area contributed by atoms with Crippen molar-refractivity contribution in [1.82, 2.24) is 4.90 Å². The van der Waals surface area contributed by atoms with Gasteiger partial charge in [0.05, 0.1) is 5.69 Å². The number of hydrogen-bond donors (Lipinski definition) is 2. The Kier molecular flexibility index (Phi) is 5.79. The molecule has 0 saturated heterocycles. The summed E-state index contributed by atoms with van der Waals surface area (Å²) in [4.78, 5) is 4.27. The Hall–Kier alpha value is -1.31. The van der Waals surface area contributed by atoms with Crippen LogP contribution in [0.4, 0.5) is 11.4 Å². The summed E-state index contributed by atoms with van der Waals surface area (Å²) in [5, 5.41) is 5.10. The lowest BCUT2D eigenvalue weighted by Gasteiger charge is -2.24. The van der Waals surface area contributed by atoms with Gasteiger partial charge in [-0.1, -0.05) is 0 Å². The molecule has 0 aliphatic rings. The molecular formula is C13H24N4O2S. The lowest BCUT2D eigenvalue weighted by Crippen LogP contribution is -2.27. The summed E-state index contributed by atoms with van der Waals surface area (Å²) >= 11 is 0. The zero-order valence-corrected chi connectivity index (χ0v) is 13.2. The van der Waals surface area contributed by atoms with E-state index in [2.05, 4.69) is 16.7 Å². The van der Waals surface area contributed by atoms with E-state index in [4.69, 9.17) is 10.9 Å². The average Bonchev–Trinajstić information content (AvgIpc) is 2.32. The zero-order chi connectivity index (χ0) is 15.3. The van der Waals surface area contributed by atoms with E-state index in [0.29, 0.717) is 0 Å². The van der Waals surface area contributed by atoms with E-state index in [1.165, 1.54) is 6.07 Å². The Morgan fingerprint density at radius 2 is 1.85 bits per heavy atom. The lowest BCUT2D eigenvalue weighted by atomic mass is 10.2. The maximum absolute atomic E-state index is 11.3. The van der Waals surface area contributed by atoms with Gasteiger partial charge in [-0.3, -0.25) is 0 Å². The Morgan fingerprint density at radius 1 is 1.20 bits per heavy atom. The number of sulfonamides is 1. The number of nitrogen functional groups attached to an aromatic ring is 1. The third-order valence-corrected chi connectivity index (χ3v) is 4.06. The number of nitrogens with zero attached hydrogens (tertiary/aromatic N) is 2. The van der Waals surface area contributed by atoms with Crippen molar-refractivity contribution >= 4 is 21.4 Å². The fourth-order valence-corrected chi connectivity index (χ4v) is 2.68. The van der Waals surface area contributed by atoms with Crippen molar-refractivity contribution in [2.75, 3.05) is 44.4 Å². The largest absolute Gasteiger partial charge is 0.398 e. The van der Waals surface area contributed by atoms with Gasteiger partial charge in [0.25, 0.3) is 0 Å². The predicted molar refractivity (Wildman–Crippen MR) is 83.3 cm³/mol. The fraction of sp³-hybridized carbons (Fsp3) is 0.538. The lowest BCUT2D eigenvalue weighted by molar-refractivity contribution is 0.400. The van der Waals surface area contributed by atoms with E-state index < -0.39 is 10.0 Å². The topological polar surface area (TPSA) is 92.7 Å². The molecule has 0 heterocycles. The molecule has 0 bridgehead atoms. The highest BCUT2D eigenvalue weighted by Crippen LogP contribution is 2.24. The van der Waals surface area contributed by atoms with Crippen LogP contribution >= 0.6 is 0 Å². The predicted octanol–water partition coefficient (Wildman–Crippen LogP) is 0.694. The number of rotatable bonds is 7. The number of anilines is 2. The Bertz CT molecular complexity index is 543. The minimum absolute atomic E-state index is 0.0226. The molecule has 0 aliphatic heterocycles. The zero-order valence-electron chi connectivity index (χ0n) is 12.3. The third kappa shape index (κ3) is 4.66. The maximum Gasteiger partial charge on any atom is 0.240 e. The summed E-state index contributed by atoms with van der Waals surface area (Å²) in [7, 11) is 0.313. The molecule has 0 amide bonds. The van der Waals surface area contributed by atoms with Crippen LogP contribution in [-0.4, -0.2) is 47.0 Å². The Balaban J connectivity index is 2.87. The molecule has 0 spiro atoms. The quantitative estimate of drug-likeness (QED) is 0.723. The van der Waals surface area contributed by atoms with Gasteiger partial charge in [-0.2, -0.15) is 0 Å². The van der Waals surface area contributed by atoms with Crippen LogP contribution in [0.15, 0.2) is 23.1 Å². The molecule has 20 heavy (non-hydrogen) atoms. The molecule has 0 fully saturated rings. The van der Waals surface area contributed by atoms with Gasteiger partial charge in [0.2, 0.25) is 10.0 Å². The van der Waals surface area contributed by atoms with Crippen molar-refractivity contribution < 1.29 is 8.42 Å². The molecule has 0 aliphatic carbocycles. The first kappa shape index (κ1) is 16.7. The van der Waals surface area contributed by atoms with Crippen LogP contribution in [0.5, 0.6) is 0 Å². The van der Waals surface area contributed by atoms with Crippen molar-refractivity contribution in [2.45, 2.75) is 18.2 Å². The molecule has 0 aromatic heterocycles. The second-order valence-electron chi connectivity index (χ2n) is 5.00. The summed E-state index contributed by atoms with van der Waals surface area (Å²) in [6.07, 6.45) is 1.03. The first-order chi connectivity index (χ1) is 9.25. The highest BCUT2D eigenvalue weighted by molar-refractivity contribution is 7.89. The molecule has 1 rings (SSSR count). The number of hydrogen-bond acceptors (Lipinski definition) is 5. The van der Waals surface area contributed by atoms with Crippen LogP contribution in [0.2, 0.25) is 0 Å². The number of benzene rings is 1. The van der Waals surface area contributed by atoms with Gasteiger partial charge in [-0.05, 0) is 52.2 Å². The molecule has 0 atom stereocenters. The summed E-state index contributed by atoms with van der Waals surface area (Å²) < 4.78 is 22.7. The molecule has 6 nitrogen and oxygen atoms in total. The van der Waals surface area contributed by atoms with E-state index in [1.807, 2.05) is 14.1 Å². The normalized spacial score (nSPS) is 11.8. The maximum atomic E-state index is 11.3. The summed E-state index contributed by atoms with van der Waals surface area (Å²) in [5.74, 6) is 0.